The summed E-state index contributed by atoms with van der Waals surface area (Å²) in [5.74, 6) is 0.659. The van der Waals surface area contributed by atoms with Gasteiger partial charge in [-0.15, -0.1) is 0 Å². The molecule has 1 aliphatic heterocycles. The Morgan fingerprint density at radius 2 is 1.92 bits per heavy atom. The molecule has 3 aromatic rings. The van der Waals surface area contributed by atoms with E-state index in [2.05, 4.69) is 26.2 Å². The van der Waals surface area contributed by atoms with Gasteiger partial charge in [0.1, 0.15) is 6.61 Å². The molecule has 0 unspecified atom stereocenters. The van der Waals surface area contributed by atoms with Crippen LogP contribution in [0.1, 0.15) is 18.1 Å². The standard InChI is InChI=1S/C25H18BrCl2N3O5S/c1-2-35-20-11-15(10-17(26)23(20)36-13-14-6-8-16(9-7-14)31(33)34)12-21-24(32)30-25(37-21)29-19-5-3-4-18(27)22(19)28/h3-12H,2,13H2,1H3,(H,29,30,32)/b21-12+. The molecule has 0 spiro atoms. The highest BCUT2D eigenvalue weighted by molar-refractivity contribution is 9.10. The molecular weight excluding hydrogens is 605 g/mol. The zero-order valence-electron chi connectivity index (χ0n) is 19.2. The number of thioether (sulfide) groups is 1. The van der Waals surface area contributed by atoms with Gasteiger partial charge in [-0.3, -0.25) is 14.9 Å². The van der Waals surface area contributed by atoms with E-state index in [9.17, 15) is 14.9 Å². The van der Waals surface area contributed by atoms with Crippen LogP contribution >= 0.6 is 50.9 Å². The first-order chi connectivity index (χ1) is 17.7. The van der Waals surface area contributed by atoms with E-state index < -0.39 is 4.92 Å². The van der Waals surface area contributed by atoms with Crippen molar-refractivity contribution in [1.29, 1.82) is 0 Å². The van der Waals surface area contributed by atoms with Gasteiger partial charge in [-0.2, -0.15) is 0 Å². The van der Waals surface area contributed by atoms with Gasteiger partial charge in [0.2, 0.25) is 0 Å². The molecule has 4 rings (SSSR count). The molecular formula is C25H18BrCl2N3O5S. The number of nitrogens with zero attached hydrogens (tertiary/aromatic N) is 2. The van der Waals surface area contributed by atoms with E-state index in [4.69, 9.17) is 32.7 Å². The quantitative estimate of drug-likeness (QED) is 0.158. The summed E-state index contributed by atoms with van der Waals surface area (Å²) in [6.45, 7) is 2.43. The van der Waals surface area contributed by atoms with E-state index in [1.807, 2.05) is 6.92 Å². The average molecular weight is 623 g/mol. The van der Waals surface area contributed by atoms with Gasteiger partial charge in [0, 0.05) is 12.1 Å². The average Bonchev–Trinajstić information content (AvgIpc) is 3.20. The molecule has 12 heteroatoms. The smallest absolute Gasteiger partial charge is 0.269 e. The number of nitro benzene ring substituents is 1. The van der Waals surface area contributed by atoms with Crippen molar-refractivity contribution in [2.24, 2.45) is 4.99 Å². The number of halogens is 3. The molecule has 0 aliphatic carbocycles. The highest BCUT2D eigenvalue weighted by Crippen LogP contribution is 2.39. The lowest BCUT2D eigenvalue weighted by molar-refractivity contribution is -0.384. The fourth-order valence-electron chi connectivity index (χ4n) is 3.26. The van der Waals surface area contributed by atoms with Gasteiger partial charge < -0.3 is 14.8 Å². The summed E-state index contributed by atoms with van der Waals surface area (Å²) in [7, 11) is 0. The number of benzene rings is 3. The fraction of sp³-hybridized carbons (Fsp3) is 0.120. The van der Waals surface area contributed by atoms with Crippen molar-refractivity contribution >= 4 is 79.4 Å². The molecule has 3 aromatic carbocycles. The number of hydrogen-bond donors (Lipinski definition) is 1. The van der Waals surface area contributed by atoms with Crippen molar-refractivity contribution in [1.82, 2.24) is 5.32 Å². The van der Waals surface area contributed by atoms with Gasteiger partial charge in [0.05, 0.1) is 36.6 Å². The number of rotatable bonds is 8. The normalized spacial score (nSPS) is 15.2. The number of nitro groups is 1. The van der Waals surface area contributed by atoms with E-state index >= 15 is 0 Å². The van der Waals surface area contributed by atoms with Crippen LogP contribution in [0.25, 0.3) is 6.08 Å². The minimum Gasteiger partial charge on any atom is -0.490 e. The third-order valence-electron chi connectivity index (χ3n) is 4.96. The Kier molecular flexibility index (Phi) is 8.75. The molecule has 1 saturated heterocycles. The predicted molar refractivity (Wildman–Crippen MR) is 150 cm³/mol. The van der Waals surface area contributed by atoms with Crippen LogP contribution in [-0.4, -0.2) is 22.6 Å². The van der Waals surface area contributed by atoms with Crippen molar-refractivity contribution < 1.29 is 19.2 Å². The van der Waals surface area contributed by atoms with Crippen LogP contribution in [0.4, 0.5) is 11.4 Å². The van der Waals surface area contributed by atoms with Crippen molar-refractivity contribution in [2.75, 3.05) is 6.61 Å². The van der Waals surface area contributed by atoms with Gasteiger partial charge in [-0.25, -0.2) is 4.99 Å². The Labute approximate surface area is 234 Å². The molecule has 1 aliphatic rings. The third kappa shape index (κ3) is 6.64. The van der Waals surface area contributed by atoms with Gasteiger partial charge in [0.25, 0.3) is 11.6 Å². The fourth-order valence-corrected chi connectivity index (χ4v) is 5.01. The van der Waals surface area contributed by atoms with Crippen molar-refractivity contribution in [3.8, 4) is 11.5 Å². The molecule has 8 nitrogen and oxygen atoms in total. The Bertz CT molecular complexity index is 1430. The molecule has 0 atom stereocenters. The summed E-state index contributed by atoms with van der Waals surface area (Å²) in [4.78, 5) is 27.8. The second-order valence-corrected chi connectivity index (χ2v) is 10.2. The first-order valence-corrected chi connectivity index (χ1v) is 13.2. The summed E-state index contributed by atoms with van der Waals surface area (Å²) in [6, 6.07) is 14.8. The van der Waals surface area contributed by atoms with E-state index in [1.54, 1.807) is 48.5 Å². The molecule has 1 N–H and O–H groups in total. The number of hydrogen-bond acceptors (Lipinski definition) is 7. The first kappa shape index (κ1) is 27.0. The van der Waals surface area contributed by atoms with Crippen molar-refractivity contribution in [3.05, 3.63) is 95.3 Å². The molecule has 1 amide bonds. The van der Waals surface area contributed by atoms with Crippen LogP contribution in [0.15, 0.2) is 69.0 Å². The lowest BCUT2D eigenvalue weighted by Gasteiger charge is -2.15. The van der Waals surface area contributed by atoms with E-state index in [0.717, 1.165) is 5.56 Å². The van der Waals surface area contributed by atoms with E-state index in [1.165, 1.54) is 23.9 Å². The largest absolute Gasteiger partial charge is 0.490 e. The van der Waals surface area contributed by atoms with Gasteiger partial charge in [-0.05, 0) is 88.2 Å². The Balaban J connectivity index is 1.55. The predicted octanol–water partition coefficient (Wildman–Crippen LogP) is 7.53. The topological polar surface area (TPSA) is 103 Å². The minimum absolute atomic E-state index is 0.00927. The number of amidine groups is 1. The summed E-state index contributed by atoms with van der Waals surface area (Å²) in [6.07, 6.45) is 1.72. The highest BCUT2D eigenvalue weighted by Gasteiger charge is 2.25. The number of aliphatic imine (C=N–C) groups is 1. The van der Waals surface area contributed by atoms with Crippen molar-refractivity contribution in [2.45, 2.75) is 13.5 Å². The van der Waals surface area contributed by atoms with Crippen LogP contribution in [0.2, 0.25) is 10.0 Å². The zero-order valence-corrected chi connectivity index (χ0v) is 23.1. The number of non-ortho nitro benzene ring substituents is 1. The Hall–Kier alpha value is -3.05. The first-order valence-electron chi connectivity index (χ1n) is 10.8. The maximum atomic E-state index is 12.6. The van der Waals surface area contributed by atoms with Crippen LogP contribution < -0.4 is 14.8 Å². The molecule has 1 fully saturated rings. The summed E-state index contributed by atoms with van der Waals surface area (Å²) in [5.41, 5.74) is 1.93. The number of carbonyl (C=O) groups is 1. The van der Waals surface area contributed by atoms with Crippen LogP contribution in [0.3, 0.4) is 0 Å². The lowest BCUT2D eigenvalue weighted by Crippen LogP contribution is -2.19. The highest BCUT2D eigenvalue weighted by atomic mass is 79.9. The number of nitrogens with one attached hydrogen (secondary N) is 1. The second kappa shape index (κ2) is 12.0. The maximum absolute atomic E-state index is 12.6. The molecule has 0 bridgehead atoms. The van der Waals surface area contributed by atoms with Crippen LogP contribution in [-0.2, 0) is 11.4 Å². The van der Waals surface area contributed by atoms with Crippen LogP contribution in [0.5, 0.6) is 11.5 Å². The SMILES string of the molecule is CCOc1cc(/C=C2/SC(=Nc3cccc(Cl)c3Cl)NC2=O)cc(Br)c1OCc1ccc([N+](=O)[O-])cc1. The lowest BCUT2D eigenvalue weighted by atomic mass is 10.1. The van der Waals surface area contributed by atoms with E-state index in [-0.39, 0.29) is 18.2 Å². The molecule has 190 valence electrons. The zero-order chi connectivity index (χ0) is 26.5. The van der Waals surface area contributed by atoms with Crippen molar-refractivity contribution in [3.63, 3.8) is 0 Å². The second-order valence-electron chi connectivity index (χ2n) is 7.53. The molecule has 0 saturated carbocycles. The summed E-state index contributed by atoms with van der Waals surface area (Å²) in [5, 5.41) is 14.6. The summed E-state index contributed by atoms with van der Waals surface area (Å²) >= 11 is 17.0. The summed E-state index contributed by atoms with van der Waals surface area (Å²) < 4.78 is 12.4. The van der Waals surface area contributed by atoms with Gasteiger partial charge >= 0.3 is 0 Å². The minimum atomic E-state index is -0.453. The monoisotopic (exact) mass is 621 g/mol. The van der Waals surface area contributed by atoms with Gasteiger partial charge in [-0.1, -0.05) is 29.3 Å². The number of carbonyl (C=O) groups excluding carboxylic acids is 1. The molecule has 1 heterocycles. The van der Waals surface area contributed by atoms with Gasteiger partial charge in [0.15, 0.2) is 16.7 Å². The maximum Gasteiger partial charge on any atom is 0.269 e. The number of amides is 1. The Morgan fingerprint density at radius 3 is 2.62 bits per heavy atom. The van der Waals surface area contributed by atoms with Crippen LogP contribution in [0, 0.1) is 10.1 Å². The molecule has 0 aromatic heterocycles. The third-order valence-corrected chi connectivity index (χ3v) is 7.27. The Morgan fingerprint density at radius 1 is 1.16 bits per heavy atom. The number of ether oxygens (including phenoxy) is 2. The molecule has 37 heavy (non-hydrogen) atoms. The molecule has 0 radical (unpaired) electrons. The van der Waals surface area contributed by atoms with E-state index in [0.29, 0.717) is 53.9 Å².